The molecule has 0 saturated carbocycles. The van der Waals surface area contributed by atoms with Crippen molar-refractivity contribution in [2.45, 2.75) is 71.5 Å². The summed E-state index contributed by atoms with van der Waals surface area (Å²) in [6, 6.07) is 8.09. The van der Waals surface area contributed by atoms with E-state index < -0.39 is 12.3 Å². The molecule has 25 heavy (non-hydrogen) atoms. The van der Waals surface area contributed by atoms with Gasteiger partial charge in [-0.3, -0.25) is 0 Å². The van der Waals surface area contributed by atoms with Crippen LogP contribution in [0.4, 0.5) is 0 Å². The van der Waals surface area contributed by atoms with Crippen LogP contribution in [0.1, 0.15) is 64.4 Å². The molecule has 4 nitrogen and oxygen atoms in total. The van der Waals surface area contributed by atoms with Crippen LogP contribution in [-0.2, 0) is 20.7 Å². The second-order valence-electron chi connectivity index (χ2n) is 6.15. The zero-order valence-corrected chi connectivity index (χ0v) is 15.7. The fraction of sp³-hybridized carbons (Fsp3) is 0.571. The third kappa shape index (κ3) is 10.6. The van der Waals surface area contributed by atoms with E-state index in [1.165, 1.54) is 50.5 Å². The molecule has 0 amide bonds. The van der Waals surface area contributed by atoms with Crippen LogP contribution >= 0.6 is 0 Å². The van der Waals surface area contributed by atoms with E-state index in [0.29, 0.717) is 0 Å². The van der Waals surface area contributed by atoms with Crippen LogP contribution in [0.5, 0.6) is 5.75 Å². The molecule has 0 aliphatic rings. The van der Waals surface area contributed by atoms with Gasteiger partial charge in [0.05, 0.1) is 0 Å². The third-order valence-corrected chi connectivity index (χ3v) is 3.97. The molecule has 4 heteroatoms. The topological polar surface area (TPSA) is 44.8 Å². The summed E-state index contributed by atoms with van der Waals surface area (Å²) < 4.78 is 15.6. The second kappa shape index (κ2) is 13.5. The number of hydrogen-bond acceptors (Lipinski definition) is 4. The average molecular weight is 348 g/mol. The molecular formula is C21H32O4. The average Bonchev–Trinajstić information content (AvgIpc) is 2.62. The van der Waals surface area contributed by atoms with Gasteiger partial charge >= 0.3 is 5.97 Å². The van der Waals surface area contributed by atoms with E-state index >= 15 is 0 Å². The Morgan fingerprint density at radius 2 is 1.72 bits per heavy atom. The Bertz CT molecular complexity index is 481. The van der Waals surface area contributed by atoms with Crippen LogP contribution in [0.15, 0.2) is 36.9 Å². The summed E-state index contributed by atoms with van der Waals surface area (Å²) in [5, 5.41) is 0. The predicted octanol–water partition coefficient (Wildman–Crippen LogP) is 5.41. The highest BCUT2D eigenvalue weighted by atomic mass is 16.8. The summed E-state index contributed by atoms with van der Waals surface area (Å²) in [7, 11) is 0. The number of ether oxygens (including phenoxy) is 3. The van der Waals surface area contributed by atoms with E-state index in [4.69, 9.17) is 14.2 Å². The van der Waals surface area contributed by atoms with Gasteiger partial charge in [0, 0.05) is 6.08 Å². The molecule has 0 aliphatic heterocycles. The summed E-state index contributed by atoms with van der Waals surface area (Å²) in [6.07, 6.45) is 11.0. The predicted molar refractivity (Wildman–Crippen MR) is 100 cm³/mol. The van der Waals surface area contributed by atoms with Gasteiger partial charge in [0.1, 0.15) is 5.75 Å². The van der Waals surface area contributed by atoms with Crippen LogP contribution in [-0.4, -0.2) is 19.1 Å². The molecule has 0 saturated heterocycles. The number of unbranched alkanes of at least 4 members (excludes halogenated alkanes) is 6. The van der Waals surface area contributed by atoms with E-state index in [1.54, 1.807) is 6.92 Å². The molecule has 1 aromatic rings. The van der Waals surface area contributed by atoms with E-state index in [-0.39, 0.29) is 6.79 Å². The normalized spacial score (nSPS) is 11.8. The molecule has 0 aliphatic carbocycles. The van der Waals surface area contributed by atoms with Crippen molar-refractivity contribution in [1.29, 1.82) is 0 Å². The molecule has 0 bridgehead atoms. The molecule has 1 aromatic carbocycles. The molecule has 1 unspecified atom stereocenters. The van der Waals surface area contributed by atoms with Gasteiger partial charge in [0.15, 0.2) is 6.79 Å². The first kappa shape index (κ1) is 21.2. The number of carbonyl (C=O) groups excluding carboxylic acids is 1. The summed E-state index contributed by atoms with van der Waals surface area (Å²) >= 11 is 0. The lowest BCUT2D eigenvalue weighted by molar-refractivity contribution is -0.169. The molecule has 0 fully saturated rings. The van der Waals surface area contributed by atoms with Crippen molar-refractivity contribution in [1.82, 2.24) is 0 Å². The Balaban J connectivity index is 2.18. The molecule has 0 aromatic heterocycles. The fourth-order valence-electron chi connectivity index (χ4n) is 2.49. The fourth-order valence-corrected chi connectivity index (χ4v) is 2.49. The van der Waals surface area contributed by atoms with Crippen molar-refractivity contribution in [2.24, 2.45) is 0 Å². The van der Waals surface area contributed by atoms with Gasteiger partial charge in [0.2, 0.25) is 6.29 Å². The molecule has 1 rings (SSSR count). The van der Waals surface area contributed by atoms with Crippen molar-refractivity contribution < 1.29 is 19.0 Å². The number of aryl methyl sites for hydroxylation is 1. The highest BCUT2D eigenvalue weighted by Crippen LogP contribution is 2.16. The summed E-state index contributed by atoms with van der Waals surface area (Å²) in [6.45, 7) is 7.17. The van der Waals surface area contributed by atoms with Crippen LogP contribution in [0.2, 0.25) is 0 Å². The van der Waals surface area contributed by atoms with Crippen LogP contribution in [0, 0.1) is 0 Å². The van der Waals surface area contributed by atoms with Gasteiger partial charge in [-0.1, -0.05) is 64.2 Å². The van der Waals surface area contributed by atoms with Crippen molar-refractivity contribution in [3.63, 3.8) is 0 Å². The van der Waals surface area contributed by atoms with Crippen LogP contribution in [0.25, 0.3) is 0 Å². The largest absolute Gasteiger partial charge is 0.465 e. The first-order valence-electron chi connectivity index (χ1n) is 9.32. The van der Waals surface area contributed by atoms with Crippen LogP contribution < -0.4 is 4.74 Å². The van der Waals surface area contributed by atoms with Crippen molar-refractivity contribution in [3.8, 4) is 5.75 Å². The zero-order chi connectivity index (χ0) is 18.3. The number of hydrogen-bond donors (Lipinski definition) is 0. The number of rotatable bonds is 14. The van der Waals surface area contributed by atoms with Crippen molar-refractivity contribution in [3.05, 3.63) is 42.5 Å². The van der Waals surface area contributed by atoms with Gasteiger partial charge in [-0.25, -0.2) is 4.79 Å². The molecule has 1 atom stereocenters. The molecule has 0 heterocycles. The lowest BCUT2D eigenvalue weighted by Crippen LogP contribution is -2.19. The Morgan fingerprint density at radius 1 is 1.08 bits per heavy atom. The first-order valence-corrected chi connectivity index (χ1v) is 9.32. The number of esters is 1. The standard InChI is InChI=1S/C21H32O4/c1-4-6-7-8-9-10-11-12-19-13-15-20(16-14-19)25-18(3)23-17-24-21(22)5-2/h5,13-16,18H,2,4,6-12,17H2,1,3H3. The second-order valence-corrected chi connectivity index (χ2v) is 6.15. The minimum absolute atomic E-state index is 0.150. The minimum Gasteiger partial charge on any atom is -0.465 e. The minimum atomic E-state index is -0.512. The van der Waals surface area contributed by atoms with E-state index in [9.17, 15) is 4.79 Å². The lowest BCUT2D eigenvalue weighted by Gasteiger charge is -2.15. The highest BCUT2D eigenvalue weighted by Gasteiger charge is 2.05. The Morgan fingerprint density at radius 3 is 2.36 bits per heavy atom. The van der Waals surface area contributed by atoms with Gasteiger partial charge < -0.3 is 14.2 Å². The Labute approximate surface area is 152 Å². The molecule has 0 spiro atoms. The highest BCUT2D eigenvalue weighted by molar-refractivity contribution is 5.81. The Hall–Kier alpha value is -1.81. The summed E-state index contributed by atoms with van der Waals surface area (Å²) in [5.74, 6) is 0.229. The summed E-state index contributed by atoms with van der Waals surface area (Å²) in [5.41, 5.74) is 1.33. The number of benzene rings is 1. The van der Waals surface area contributed by atoms with Gasteiger partial charge in [-0.05, 0) is 37.5 Å². The van der Waals surface area contributed by atoms with Crippen molar-refractivity contribution in [2.75, 3.05) is 6.79 Å². The van der Waals surface area contributed by atoms with Gasteiger partial charge in [-0.2, -0.15) is 0 Å². The maximum Gasteiger partial charge on any atom is 0.332 e. The molecule has 0 radical (unpaired) electrons. The quantitative estimate of drug-likeness (QED) is 0.195. The first-order chi connectivity index (χ1) is 12.2. The van der Waals surface area contributed by atoms with Crippen LogP contribution in [0.3, 0.4) is 0 Å². The molecular weight excluding hydrogens is 316 g/mol. The monoisotopic (exact) mass is 348 g/mol. The summed E-state index contributed by atoms with van der Waals surface area (Å²) in [4.78, 5) is 10.9. The third-order valence-electron chi connectivity index (χ3n) is 3.97. The van der Waals surface area contributed by atoms with E-state index in [0.717, 1.165) is 18.2 Å². The maximum atomic E-state index is 10.9. The molecule has 0 N–H and O–H groups in total. The zero-order valence-electron chi connectivity index (χ0n) is 15.7. The van der Waals surface area contributed by atoms with E-state index in [2.05, 4.69) is 25.6 Å². The van der Waals surface area contributed by atoms with E-state index in [1.807, 2.05) is 12.1 Å². The maximum absolute atomic E-state index is 10.9. The smallest absolute Gasteiger partial charge is 0.332 e. The SMILES string of the molecule is C=CC(=O)OCOC(C)Oc1ccc(CCCCCCCCC)cc1. The Kier molecular flexibility index (Phi) is 11.4. The molecule has 140 valence electrons. The van der Waals surface area contributed by atoms with Gasteiger partial charge in [0.25, 0.3) is 0 Å². The lowest BCUT2D eigenvalue weighted by atomic mass is 10.0. The number of carbonyl (C=O) groups is 1. The van der Waals surface area contributed by atoms with Crippen molar-refractivity contribution >= 4 is 5.97 Å². The van der Waals surface area contributed by atoms with Gasteiger partial charge in [-0.15, -0.1) is 0 Å².